The maximum atomic E-state index is 13.3. The van der Waals surface area contributed by atoms with Crippen LogP contribution in [-0.4, -0.2) is 182 Å². The molecule has 0 saturated carbocycles. The molecule has 0 bridgehead atoms. The number of benzene rings is 2. The number of phosphoric acid groups is 3. The van der Waals surface area contributed by atoms with Gasteiger partial charge in [-0.05, 0) is 29.7 Å². The van der Waals surface area contributed by atoms with Crippen molar-refractivity contribution in [1.82, 2.24) is 46.1 Å². The minimum Gasteiger partial charge on any atom is -0.480 e. The highest BCUT2D eigenvalue weighted by molar-refractivity contribution is 8.13. The van der Waals surface area contributed by atoms with Crippen LogP contribution in [0.25, 0.3) is 11.2 Å². The number of anilines is 1. The third-order valence-corrected chi connectivity index (χ3v) is 16.4. The van der Waals surface area contributed by atoms with E-state index in [0.717, 1.165) is 30.1 Å². The van der Waals surface area contributed by atoms with Gasteiger partial charge in [-0.3, -0.25) is 37.3 Å². The molecule has 34 nitrogen and oxygen atoms in total. The second kappa shape index (κ2) is 31.9. The summed E-state index contributed by atoms with van der Waals surface area (Å²) < 4.78 is 68.1. The van der Waals surface area contributed by atoms with E-state index in [1.807, 2.05) is 6.92 Å². The standard InChI is InChI=1S/C48H67N10O24P3S/c1-4-5-9-17-51-41(62)30(56-47(69)57-31(44(64)65)22-27-10-7-6-8-11-27)21-28-12-14-29(15-13-28)79-37(45(66)67)46(68)86-20-19-50-33(59)16-18-52-42(63)38(61)48(2,3)24-78-85(75,76)82-84(73,74)77-23-32-36(81-83(70,71)72)35(60)43(80-32)58-26-55-34-39(49)53-25-54-40(34)58/h6-8,10-15,25-26,30-32,35-38,43,60-61H,4-5,9,16-24H2,1-3H3,(H,50,59)(H,51,62)(H,52,63)(H,64,65)(H,66,67)(H,73,74)(H,75,76)(H2,49,53,54)(H2,56,57,69)(H2,70,71,72). The Morgan fingerprint density at radius 1 is 0.802 bits per heavy atom. The van der Waals surface area contributed by atoms with Crippen LogP contribution < -0.4 is 37.1 Å². The number of unbranched alkanes of at least 4 members (excludes halogenated alkanes) is 2. The maximum Gasteiger partial charge on any atom is 0.481 e. The van der Waals surface area contributed by atoms with E-state index in [-0.39, 0.29) is 60.8 Å². The summed E-state index contributed by atoms with van der Waals surface area (Å²) in [6, 6.07) is 10.9. The topological polar surface area (TPSA) is 518 Å². The number of carbonyl (C=O) groups excluding carboxylic acids is 5. The SMILES string of the molecule is CCCCCNC(=O)C(Cc1ccc(OC(C(=O)O)C(=O)SCCNC(=O)CCNC(=O)C(O)C(C)(C)COP(=O)(O)OP(=O)(O)OCC2OC(n3cnc4c(N)ncnc43)C(O)C2OP(=O)(O)O)cc1)NC(=O)NC(Cc1ccccc1)C(=O)O. The predicted molar refractivity (Wildman–Crippen MR) is 299 cm³/mol. The number of aliphatic hydroxyl groups is 2. The summed E-state index contributed by atoms with van der Waals surface area (Å²) in [5, 5.41) is 52.8. The number of carboxylic acids is 2. The lowest BCUT2D eigenvalue weighted by atomic mass is 9.87. The summed E-state index contributed by atoms with van der Waals surface area (Å²) in [4.78, 5) is 140. The first-order valence-electron chi connectivity index (χ1n) is 26.0. The summed E-state index contributed by atoms with van der Waals surface area (Å²) in [6.07, 6.45) is -7.17. The van der Waals surface area contributed by atoms with Crippen LogP contribution in [0.15, 0.2) is 67.3 Å². The molecule has 0 aliphatic carbocycles. The zero-order valence-electron chi connectivity index (χ0n) is 46.2. The van der Waals surface area contributed by atoms with E-state index in [2.05, 4.69) is 50.4 Å². The van der Waals surface area contributed by atoms with Crippen LogP contribution >= 0.6 is 35.2 Å². The van der Waals surface area contributed by atoms with Crippen LogP contribution in [0.5, 0.6) is 5.75 Å². The molecule has 0 spiro atoms. The Morgan fingerprint density at radius 3 is 2.09 bits per heavy atom. The zero-order valence-corrected chi connectivity index (χ0v) is 49.7. The molecule has 1 aliphatic heterocycles. The Morgan fingerprint density at radius 2 is 1.44 bits per heavy atom. The number of carbonyl (C=O) groups is 7. The Bertz CT molecular complexity index is 3140. The van der Waals surface area contributed by atoms with Gasteiger partial charge in [0.2, 0.25) is 22.8 Å². The molecule has 474 valence electrons. The number of nitrogens with zero attached hydrogens (tertiary/aromatic N) is 4. The average Bonchev–Trinajstić information content (AvgIpc) is 1.75. The van der Waals surface area contributed by atoms with E-state index in [9.17, 15) is 87.3 Å². The number of nitrogen functional groups attached to an aromatic ring is 1. The second-order valence-electron chi connectivity index (χ2n) is 19.7. The van der Waals surface area contributed by atoms with Crippen LogP contribution in [0.1, 0.15) is 63.8 Å². The fraction of sp³-hybridized carbons (Fsp3) is 0.500. The van der Waals surface area contributed by atoms with Gasteiger partial charge in [-0.1, -0.05) is 87.8 Å². The van der Waals surface area contributed by atoms with Crippen molar-refractivity contribution in [2.24, 2.45) is 5.41 Å². The summed E-state index contributed by atoms with van der Waals surface area (Å²) in [5.41, 5.74) is 5.23. The molecule has 2 aromatic carbocycles. The first-order chi connectivity index (χ1) is 40.4. The van der Waals surface area contributed by atoms with Crippen LogP contribution in [0.2, 0.25) is 0 Å². The number of aromatic nitrogens is 4. The molecule has 4 aromatic rings. The Kier molecular flexibility index (Phi) is 26.1. The molecule has 10 atom stereocenters. The smallest absolute Gasteiger partial charge is 0.480 e. The summed E-state index contributed by atoms with van der Waals surface area (Å²) in [7, 11) is -16.6. The Hall–Kier alpha value is -6.52. The molecule has 38 heteroatoms. The summed E-state index contributed by atoms with van der Waals surface area (Å²) >= 11 is 0.529. The third-order valence-electron chi connectivity index (χ3n) is 12.4. The van der Waals surface area contributed by atoms with Crippen molar-refractivity contribution in [2.45, 2.75) is 108 Å². The summed E-state index contributed by atoms with van der Waals surface area (Å²) in [6.45, 7) is 2.00. The molecular formula is C48H67N10O24P3S. The molecular weight excluding hydrogens is 1230 g/mol. The van der Waals surface area contributed by atoms with Gasteiger partial charge in [0.05, 0.1) is 19.5 Å². The maximum absolute atomic E-state index is 13.3. The van der Waals surface area contributed by atoms with Crippen LogP contribution in [0, 0.1) is 5.41 Å². The highest BCUT2D eigenvalue weighted by Gasteiger charge is 2.50. The number of aliphatic carboxylic acids is 2. The lowest BCUT2D eigenvalue weighted by Crippen LogP contribution is -2.54. The van der Waals surface area contributed by atoms with E-state index < -0.39 is 132 Å². The van der Waals surface area contributed by atoms with E-state index in [1.165, 1.54) is 38.1 Å². The van der Waals surface area contributed by atoms with Gasteiger partial charge in [-0.25, -0.2) is 43.0 Å². The first kappa shape index (κ1) is 70.2. The number of fused-ring (bicyclic) bond motifs is 1. The van der Waals surface area contributed by atoms with Crippen LogP contribution in [-0.2, 0) is 77.9 Å². The average molecular weight is 1290 g/mol. The molecule has 3 heterocycles. The number of hydrogen-bond acceptors (Lipinski definition) is 23. The number of imidazole rings is 1. The first-order valence-corrected chi connectivity index (χ1v) is 31.5. The van der Waals surface area contributed by atoms with Gasteiger partial charge >= 0.3 is 41.4 Å². The molecule has 0 radical (unpaired) electrons. The molecule has 1 saturated heterocycles. The third kappa shape index (κ3) is 22.0. The van der Waals surface area contributed by atoms with E-state index in [4.69, 9.17) is 24.3 Å². The van der Waals surface area contributed by atoms with Crippen molar-refractivity contribution in [3.8, 4) is 5.75 Å². The fourth-order valence-corrected chi connectivity index (χ4v) is 11.5. The van der Waals surface area contributed by atoms with Gasteiger partial charge in [0.25, 0.3) is 6.10 Å². The molecule has 1 fully saturated rings. The monoisotopic (exact) mass is 1290 g/mol. The minimum absolute atomic E-state index is 0.00329. The quantitative estimate of drug-likeness (QED) is 0.0168. The molecule has 86 heavy (non-hydrogen) atoms. The van der Waals surface area contributed by atoms with Gasteiger partial charge in [0.1, 0.15) is 54.1 Å². The largest absolute Gasteiger partial charge is 0.481 e. The number of amides is 5. The van der Waals surface area contributed by atoms with Crippen LogP contribution in [0.4, 0.5) is 10.6 Å². The number of thioether (sulfide) groups is 1. The number of nitrogens with one attached hydrogen (secondary N) is 5. The predicted octanol–water partition coefficient (Wildman–Crippen LogP) is 0.410. The Balaban J connectivity index is 1.03. The lowest BCUT2D eigenvalue weighted by molar-refractivity contribution is -0.148. The van der Waals surface area contributed by atoms with Crippen molar-refractivity contribution in [3.63, 3.8) is 0 Å². The minimum atomic E-state index is -5.66. The van der Waals surface area contributed by atoms with E-state index >= 15 is 0 Å². The van der Waals surface area contributed by atoms with Gasteiger partial charge in [-0.15, -0.1) is 0 Å². The summed E-state index contributed by atoms with van der Waals surface area (Å²) in [5.74, 6) is -5.44. The number of phosphoric ester groups is 3. The molecule has 5 rings (SSSR count). The van der Waals surface area contributed by atoms with Crippen molar-refractivity contribution >= 4 is 93.0 Å². The Labute approximate surface area is 494 Å². The van der Waals surface area contributed by atoms with Crippen molar-refractivity contribution in [2.75, 3.05) is 44.3 Å². The molecule has 1 aliphatic rings. The number of ether oxygens (including phenoxy) is 2. The number of nitrogens with two attached hydrogens (primary N) is 1. The number of hydrogen-bond donors (Lipinski definition) is 14. The highest BCUT2D eigenvalue weighted by atomic mass is 32.2. The molecule has 5 amide bonds. The fourth-order valence-electron chi connectivity index (χ4n) is 7.96. The number of carboxylic acid groups (broad SMARTS) is 2. The van der Waals surface area contributed by atoms with Crippen LogP contribution in [0.3, 0.4) is 0 Å². The van der Waals surface area contributed by atoms with E-state index in [0.29, 0.717) is 35.9 Å². The molecule has 2 aromatic heterocycles. The van der Waals surface area contributed by atoms with Crippen molar-refractivity contribution in [3.05, 3.63) is 78.4 Å². The number of rotatable bonds is 35. The zero-order chi connectivity index (χ0) is 63.6. The van der Waals surface area contributed by atoms with E-state index in [1.54, 1.807) is 30.3 Å². The normalized spacial score (nSPS) is 18.9. The van der Waals surface area contributed by atoms with Gasteiger partial charge in [0, 0.05) is 50.1 Å². The van der Waals surface area contributed by atoms with Crippen molar-refractivity contribution < 1.29 is 115 Å². The molecule has 15 N–H and O–H groups in total. The van der Waals surface area contributed by atoms with Crippen molar-refractivity contribution in [1.29, 1.82) is 0 Å². The number of aliphatic hydroxyl groups excluding tert-OH is 2. The second-order valence-corrected chi connectivity index (χ2v) is 25.0. The van der Waals surface area contributed by atoms with Gasteiger partial charge < -0.3 is 81.8 Å². The molecule has 10 unspecified atom stereocenters. The van der Waals surface area contributed by atoms with Gasteiger partial charge in [-0.2, -0.15) is 4.31 Å². The number of urea groups is 1. The highest BCUT2D eigenvalue weighted by Crippen LogP contribution is 2.61. The van der Waals surface area contributed by atoms with Gasteiger partial charge in [0.15, 0.2) is 17.7 Å². The lowest BCUT2D eigenvalue weighted by Gasteiger charge is -2.30.